The largest absolute Gasteiger partial charge is 0.481 e. The average Bonchev–Trinajstić information content (AvgIpc) is 2.72. The summed E-state index contributed by atoms with van der Waals surface area (Å²) in [5.74, 6) is -6.71. The molecule has 4 amide bonds. The molecule has 0 aromatic heterocycles. The number of carbonyl (C=O) groups is 6. The highest BCUT2D eigenvalue weighted by atomic mass is 16.4. The van der Waals surface area contributed by atoms with E-state index in [0.29, 0.717) is 5.56 Å². The second kappa shape index (κ2) is 12.6. The third-order valence-electron chi connectivity index (χ3n) is 4.15. The van der Waals surface area contributed by atoms with E-state index in [4.69, 9.17) is 16.6 Å². The van der Waals surface area contributed by atoms with E-state index in [2.05, 4.69) is 16.0 Å². The lowest BCUT2D eigenvalue weighted by molar-refractivity contribution is -0.143. The third kappa shape index (κ3) is 9.21. The highest BCUT2D eigenvalue weighted by molar-refractivity contribution is 5.96. The van der Waals surface area contributed by atoms with Gasteiger partial charge >= 0.3 is 11.9 Å². The maximum Gasteiger partial charge on any atom is 0.326 e. The first-order valence-electron chi connectivity index (χ1n) is 9.40. The van der Waals surface area contributed by atoms with Crippen molar-refractivity contribution in [2.75, 3.05) is 6.54 Å². The van der Waals surface area contributed by atoms with E-state index >= 15 is 0 Å². The molecule has 1 aromatic rings. The van der Waals surface area contributed by atoms with Crippen molar-refractivity contribution in [3.05, 3.63) is 35.9 Å². The summed E-state index contributed by atoms with van der Waals surface area (Å²) in [6, 6.07) is 3.82. The van der Waals surface area contributed by atoms with Gasteiger partial charge in [0, 0.05) is 6.42 Å². The molecule has 13 nitrogen and oxygen atoms in total. The number of benzene rings is 1. The van der Waals surface area contributed by atoms with Crippen LogP contribution in [0.3, 0.4) is 0 Å². The molecule has 1 aromatic carbocycles. The lowest BCUT2D eigenvalue weighted by atomic mass is 10.0. The Hall–Kier alpha value is -4.00. The first kappa shape index (κ1) is 26.0. The Labute approximate surface area is 182 Å². The molecule has 9 N–H and O–H groups in total. The molecule has 1 rings (SSSR count). The molecule has 3 atom stereocenters. The summed E-state index contributed by atoms with van der Waals surface area (Å²) in [7, 11) is 0. The van der Waals surface area contributed by atoms with E-state index in [9.17, 15) is 33.9 Å². The molecule has 0 saturated heterocycles. The first-order valence-corrected chi connectivity index (χ1v) is 9.40. The monoisotopic (exact) mass is 451 g/mol. The SMILES string of the molecule is NCC(=O)NC(CC(=O)O)C(=O)NC(CC(N)=O)C(=O)NC(Cc1ccccc1)C(=O)O. The number of hydrogen-bond donors (Lipinski definition) is 7. The van der Waals surface area contributed by atoms with E-state index in [1.165, 1.54) is 0 Å². The number of amides is 4. The Morgan fingerprint density at radius 1 is 0.812 bits per heavy atom. The Balaban J connectivity index is 2.98. The minimum atomic E-state index is -1.61. The number of aliphatic carboxylic acids is 2. The summed E-state index contributed by atoms with van der Waals surface area (Å²) in [5, 5.41) is 24.8. The van der Waals surface area contributed by atoms with Gasteiger partial charge in [-0.05, 0) is 5.56 Å². The fraction of sp³-hybridized carbons (Fsp3) is 0.368. The van der Waals surface area contributed by atoms with E-state index in [1.807, 2.05) is 0 Å². The molecular weight excluding hydrogens is 426 g/mol. The van der Waals surface area contributed by atoms with Crippen molar-refractivity contribution in [1.29, 1.82) is 0 Å². The predicted molar refractivity (Wildman–Crippen MR) is 109 cm³/mol. The van der Waals surface area contributed by atoms with Gasteiger partial charge in [-0.15, -0.1) is 0 Å². The number of hydrogen-bond acceptors (Lipinski definition) is 7. The van der Waals surface area contributed by atoms with Crippen LogP contribution < -0.4 is 27.4 Å². The molecule has 0 saturated carbocycles. The predicted octanol–water partition coefficient (Wildman–Crippen LogP) is -2.92. The minimum Gasteiger partial charge on any atom is -0.481 e. The Kier molecular flexibility index (Phi) is 10.3. The van der Waals surface area contributed by atoms with Crippen LogP contribution in [-0.4, -0.2) is 70.5 Å². The van der Waals surface area contributed by atoms with Crippen molar-refractivity contribution in [3.8, 4) is 0 Å². The van der Waals surface area contributed by atoms with Crippen molar-refractivity contribution < 1.29 is 39.0 Å². The van der Waals surface area contributed by atoms with Crippen LogP contribution in [0.15, 0.2) is 30.3 Å². The van der Waals surface area contributed by atoms with Crippen LogP contribution in [0, 0.1) is 0 Å². The highest BCUT2D eigenvalue weighted by Crippen LogP contribution is 2.05. The molecule has 32 heavy (non-hydrogen) atoms. The lowest BCUT2D eigenvalue weighted by Crippen LogP contribution is -2.57. The summed E-state index contributed by atoms with van der Waals surface area (Å²) in [4.78, 5) is 70.5. The second-order valence-corrected chi connectivity index (χ2v) is 6.74. The number of carboxylic acid groups (broad SMARTS) is 2. The second-order valence-electron chi connectivity index (χ2n) is 6.74. The van der Waals surface area contributed by atoms with Crippen molar-refractivity contribution in [3.63, 3.8) is 0 Å². The number of nitrogens with one attached hydrogen (secondary N) is 3. The average molecular weight is 451 g/mol. The molecule has 0 aliphatic heterocycles. The normalized spacial score (nSPS) is 13.2. The lowest BCUT2D eigenvalue weighted by Gasteiger charge is -2.23. The molecule has 0 aliphatic rings. The van der Waals surface area contributed by atoms with Gasteiger partial charge in [-0.1, -0.05) is 30.3 Å². The summed E-state index contributed by atoms with van der Waals surface area (Å²) >= 11 is 0. The van der Waals surface area contributed by atoms with Crippen LogP contribution in [0.5, 0.6) is 0 Å². The van der Waals surface area contributed by atoms with Crippen LogP contribution in [-0.2, 0) is 35.2 Å². The van der Waals surface area contributed by atoms with E-state index in [-0.39, 0.29) is 6.42 Å². The molecule has 0 fully saturated rings. The molecule has 174 valence electrons. The van der Waals surface area contributed by atoms with Crippen molar-refractivity contribution >= 4 is 35.6 Å². The van der Waals surface area contributed by atoms with Crippen molar-refractivity contribution in [2.45, 2.75) is 37.4 Å². The van der Waals surface area contributed by atoms with E-state index in [1.54, 1.807) is 30.3 Å². The summed E-state index contributed by atoms with van der Waals surface area (Å²) < 4.78 is 0. The van der Waals surface area contributed by atoms with Crippen LogP contribution in [0.25, 0.3) is 0 Å². The summed E-state index contributed by atoms with van der Waals surface area (Å²) in [6.45, 7) is -0.519. The molecule has 0 radical (unpaired) electrons. The van der Waals surface area contributed by atoms with Gasteiger partial charge in [-0.3, -0.25) is 24.0 Å². The standard InChI is InChI=1S/C19H25N5O8/c20-9-15(26)22-12(8-16(27)28)18(30)23-11(7-14(21)25)17(29)24-13(19(31)32)6-10-4-2-1-3-5-10/h1-5,11-13H,6-9,20H2,(H2,21,25)(H,22,26)(H,23,30)(H,24,29)(H,27,28)(H,31,32). The van der Waals surface area contributed by atoms with Gasteiger partial charge in [0.15, 0.2) is 0 Å². The number of primary amides is 1. The Morgan fingerprint density at radius 2 is 1.34 bits per heavy atom. The number of rotatable bonds is 13. The fourth-order valence-electron chi connectivity index (χ4n) is 2.64. The smallest absolute Gasteiger partial charge is 0.326 e. The van der Waals surface area contributed by atoms with Crippen LogP contribution >= 0.6 is 0 Å². The minimum absolute atomic E-state index is 0.0760. The van der Waals surface area contributed by atoms with Gasteiger partial charge < -0.3 is 37.6 Å². The van der Waals surface area contributed by atoms with Crippen LogP contribution in [0.4, 0.5) is 0 Å². The molecule has 0 spiro atoms. The number of carboxylic acids is 2. The third-order valence-corrected chi connectivity index (χ3v) is 4.15. The molecule has 13 heteroatoms. The molecule has 0 heterocycles. The molecule has 0 aliphatic carbocycles. The topological polar surface area (TPSA) is 231 Å². The van der Waals surface area contributed by atoms with Gasteiger partial charge in [-0.25, -0.2) is 4.79 Å². The van der Waals surface area contributed by atoms with Gasteiger partial charge in [0.05, 0.1) is 19.4 Å². The van der Waals surface area contributed by atoms with Crippen molar-refractivity contribution in [1.82, 2.24) is 16.0 Å². The first-order chi connectivity index (χ1) is 15.0. The highest BCUT2D eigenvalue weighted by Gasteiger charge is 2.31. The van der Waals surface area contributed by atoms with Gasteiger partial charge in [0.25, 0.3) is 0 Å². The maximum atomic E-state index is 12.6. The quantitative estimate of drug-likeness (QED) is 0.162. The number of nitrogens with two attached hydrogens (primary N) is 2. The van der Waals surface area contributed by atoms with Crippen LogP contribution in [0.2, 0.25) is 0 Å². The zero-order valence-electron chi connectivity index (χ0n) is 16.9. The number of carbonyl (C=O) groups excluding carboxylic acids is 4. The molecular formula is C19H25N5O8. The summed E-state index contributed by atoms with van der Waals surface area (Å²) in [5.41, 5.74) is 10.9. The Morgan fingerprint density at radius 3 is 1.81 bits per heavy atom. The van der Waals surface area contributed by atoms with Gasteiger partial charge in [0.1, 0.15) is 18.1 Å². The fourth-order valence-corrected chi connectivity index (χ4v) is 2.64. The zero-order chi connectivity index (χ0) is 24.3. The molecule has 0 bridgehead atoms. The van der Waals surface area contributed by atoms with Gasteiger partial charge in [0.2, 0.25) is 23.6 Å². The maximum absolute atomic E-state index is 12.6. The Bertz CT molecular complexity index is 861. The van der Waals surface area contributed by atoms with Crippen molar-refractivity contribution in [2.24, 2.45) is 11.5 Å². The molecule has 3 unspecified atom stereocenters. The van der Waals surface area contributed by atoms with E-state index < -0.39 is 73.1 Å². The van der Waals surface area contributed by atoms with E-state index in [0.717, 1.165) is 0 Å². The summed E-state index contributed by atoms with van der Waals surface area (Å²) in [6.07, 6.45) is -1.60. The van der Waals surface area contributed by atoms with Gasteiger partial charge in [-0.2, -0.15) is 0 Å². The zero-order valence-corrected chi connectivity index (χ0v) is 16.9. The van der Waals surface area contributed by atoms with Crippen LogP contribution in [0.1, 0.15) is 18.4 Å².